The number of halogens is 1. The number of nitrogens with zero attached hydrogens (tertiary/aromatic N) is 5. The summed E-state index contributed by atoms with van der Waals surface area (Å²) in [6.07, 6.45) is 5.08. The Hall–Kier alpha value is -2.38. The summed E-state index contributed by atoms with van der Waals surface area (Å²) in [7, 11) is 1.78. The van der Waals surface area contributed by atoms with Crippen LogP contribution in [0.2, 0.25) is 5.02 Å². The number of hydrogen-bond donors (Lipinski definition) is 0. The van der Waals surface area contributed by atoms with Crippen LogP contribution in [-0.4, -0.2) is 43.4 Å². The highest BCUT2D eigenvalue weighted by Crippen LogP contribution is 2.22. The number of thioether (sulfide) groups is 1. The normalized spacial score (nSPS) is 10.6. The van der Waals surface area contributed by atoms with Crippen molar-refractivity contribution in [3.05, 3.63) is 65.7 Å². The van der Waals surface area contributed by atoms with Crippen molar-refractivity contribution < 1.29 is 4.79 Å². The Morgan fingerprint density at radius 1 is 1.32 bits per heavy atom. The monoisotopic (exact) mass is 373 g/mol. The molecule has 0 fully saturated rings. The van der Waals surface area contributed by atoms with Gasteiger partial charge < -0.3 is 4.90 Å². The molecule has 0 spiro atoms. The lowest BCUT2D eigenvalue weighted by molar-refractivity contribution is -0.127. The maximum Gasteiger partial charge on any atom is 0.233 e. The van der Waals surface area contributed by atoms with E-state index in [1.54, 1.807) is 36.7 Å². The fourth-order valence-electron chi connectivity index (χ4n) is 2.22. The van der Waals surface area contributed by atoms with Crippen molar-refractivity contribution in [1.29, 1.82) is 0 Å². The molecule has 25 heavy (non-hydrogen) atoms. The van der Waals surface area contributed by atoms with Gasteiger partial charge in [-0.2, -0.15) is 0 Å². The van der Waals surface area contributed by atoms with Gasteiger partial charge >= 0.3 is 0 Å². The minimum atomic E-state index is 0.00879. The zero-order valence-corrected chi connectivity index (χ0v) is 15.1. The fourth-order valence-corrected chi connectivity index (χ4v) is 3.27. The Labute approximate surface area is 154 Å². The second-order valence-corrected chi connectivity index (χ2v) is 6.74. The molecule has 0 aliphatic heterocycles. The van der Waals surface area contributed by atoms with Crippen LogP contribution < -0.4 is 0 Å². The van der Waals surface area contributed by atoms with Crippen molar-refractivity contribution in [3.63, 3.8) is 0 Å². The van der Waals surface area contributed by atoms with Crippen LogP contribution in [0, 0.1) is 0 Å². The number of benzene rings is 1. The van der Waals surface area contributed by atoms with Crippen LogP contribution in [0.25, 0.3) is 5.69 Å². The summed E-state index contributed by atoms with van der Waals surface area (Å²) < 4.78 is 1.81. The van der Waals surface area contributed by atoms with Gasteiger partial charge in [-0.05, 0) is 29.8 Å². The van der Waals surface area contributed by atoms with Gasteiger partial charge in [-0.1, -0.05) is 35.5 Å². The molecule has 0 saturated heterocycles. The number of hydrogen-bond acceptors (Lipinski definition) is 5. The maximum absolute atomic E-state index is 12.4. The molecule has 0 aliphatic carbocycles. The molecule has 1 aromatic carbocycles. The van der Waals surface area contributed by atoms with Gasteiger partial charge in [-0.15, -0.1) is 10.2 Å². The SMILES string of the molecule is CN(Cc1cccnc1)C(=O)CSc1nncn1-c1cccc(Cl)c1. The average molecular weight is 374 g/mol. The third kappa shape index (κ3) is 4.58. The Kier molecular flexibility index (Phi) is 5.67. The molecule has 0 unspecified atom stereocenters. The van der Waals surface area contributed by atoms with Crippen LogP contribution in [0.4, 0.5) is 0 Å². The summed E-state index contributed by atoms with van der Waals surface area (Å²) in [6.45, 7) is 0.522. The molecule has 3 aromatic rings. The number of amides is 1. The Balaban J connectivity index is 1.62. The number of aromatic nitrogens is 4. The van der Waals surface area contributed by atoms with Gasteiger partial charge in [0.2, 0.25) is 5.91 Å². The van der Waals surface area contributed by atoms with Gasteiger partial charge in [0.05, 0.1) is 11.4 Å². The number of carbonyl (C=O) groups is 1. The molecule has 2 heterocycles. The van der Waals surface area contributed by atoms with Crippen molar-refractivity contribution in [2.24, 2.45) is 0 Å². The van der Waals surface area contributed by atoms with Crippen LogP contribution in [0.1, 0.15) is 5.56 Å². The molecule has 6 nitrogen and oxygen atoms in total. The first kappa shape index (κ1) is 17.4. The van der Waals surface area contributed by atoms with Crippen LogP contribution in [0.3, 0.4) is 0 Å². The van der Waals surface area contributed by atoms with E-state index in [0.29, 0.717) is 16.7 Å². The first-order chi connectivity index (χ1) is 12.1. The lowest BCUT2D eigenvalue weighted by atomic mass is 10.3. The summed E-state index contributed by atoms with van der Waals surface area (Å²) in [5, 5.41) is 9.30. The van der Waals surface area contributed by atoms with E-state index >= 15 is 0 Å². The largest absolute Gasteiger partial charge is 0.341 e. The summed E-state index contributed by atoms with van der Waals surface area (Å²) in [4.78, 5) is 18.1. The molecule has 2 aromatic heterocycles. The Morgan fingerprint density at radius 3 is 2.96 bits per heavy atom. The predicted molar refractivity (Wildman–Crippen MR) is 97.8 cm³/mol. The van der Waals surface area contributed by atoms with Gasteiger partial charge in [0, 0.05) is 31.0 Å². The van der Waals surface area contributed by atoms with E-state index in [1.165, 1.54) is 11.8 Å². The Morgan fingerprint density at radius 2 is 2.20 bits per heavy atom. The van der Waals surface area contributed by atoms with Gasteiger partial charge in [-0.3, -0.25) is 14.3 Å². The maximum atomic E-state index is 12.4. The highest BCUT2D eigenvalue weighted by atomic mass is 35.5. The highest BCUT2D eigenvalue weighted by Gasteiger charge is 2.13. The van der Waals surface area contributed by atoms with Gasteiger partial charge in [0.15, 0.2) is 5.16 Å². The third-order valence-electron chi connectivity index (χ3n) is 3.50. The van der Waals surface area contributed by atoms with Crippen molar-refractivity contribution in [3.8, 4) is 5.69 Å². The van der Waals surface area contributed by atoms with E-state index in [0.717, 1.165) is 11.3 Å². The zero-order valence-electron chi connectivity index (χ0n) is 13.5. The summed E-state index contributed by atoms with van der Waals surface area (Å²) in [6, 6.07) is 11.2. The summed E-state index contributed by atoms with van der Waals surface area (Å²) in [5.74, 6) is 0.283. The van der Waals surface area contributed by atoms with Crippen molar-refractivity contribution in [2.75, 3.05) is 12.8 Å². The first-order valence-electron chi connectivity index (χ1n) is 7.55. The van der Waals surface area contributed by atoms with Crippen LogP contribution in [0.15, 0.2) is 60.3 Å². The predicted octanol–water partition coefficient (Wildman–Crippen LogP) is 3.07. The average Bonchev–Trinajstić information content (AvgIpc) is 3.09. The Bertz CT molecular complexity index is 855. The van der Waals surface area contributed by atoms with Crippen LogP contribution >= 0.6 is 23.4 Å². The van der Waals surface area contributed by atoms with E-state index < -0.39 is 0 Å². The smallest absolute Gasteiger partial charge is 0.233 e. The quantitative estimate of drug-likeness (QED) is 0.621. The summed E-state index contributed by atoms with van der Waals surface area (Å²) >= 11 is 7.37. The minimum absolute atomic E-state index is 0.00879. The van der Waals surface area contributed by atoms with Crippen LogP contribution in [0.5, 0.6) is 0 Å². The second kappa shape index (κ2) is 8.13. The second-order valence-electron chi connectivity index (χ2n) is 5.36. The zero-order chi connectivity index (χ0) is 17.6. The van der Waals surface area contributed by atoms with E-state index in [-0.39, 0.29) is 11.7 Å². The lowest BCUT2D eigenvalue weighted by Gasteiger charge is -2.16. The van der Waals surface area contributed by atoms with Crippen molar-refractivity contribution >= 4 is 29.3 Å². The molecule has 128 valence electrons. The molecule has 1 amide bonds. The molecule has 0 saturated carbocycles. The third-order valence-corrected chi connectivity index (χ3v) is 4.66. The number of pyridine rings is 1. The van der Waals surface area contributed by atoms with Gasteiger partial charge in [0.1, 0.15) is 6.33 Å². The van der Waals surface area contributed by atoms with Gasteiger partial charge in [-0.25, -0.2) is 0 Å². The summed E-state index contributed by atoms with van der Waals surface area (Å²) in [5.41, 5.74) is 1.85. The molecular weight excluding hydrogens is 358 g/mol. The number of carbonyl (C=O) groups excluding carboxylic acids is 1. The van der Waals surface area contributed by atoms with E-state index in [4.69, 9.17) is 11.6 Å². The highest BCUT2D eigenvalue weighted by molar-refractivity contribution is 7.99. The fraction of sp³-hybridized carbons (Fsp3) is 0.176. The van der Waals surface area contributed by atoms with Crippen LogP contribution in [-0.2, 0) is 11.3 Å². The topological polar surface area (TPSA) is 63.9 Å². The molecule has 3 rings (SSSR count). The van der Waals surface area contributed by atoms with E-state index in [9.17, 15) is 4.79 Å². The minimum Gasteiger partial charge on any atom is -0.341 e. The molecule has 0 bridgehead atoms. The standard InChI is InChI=1S/C17H16ClN5OS/c1-22(10-13-4-3-7-19-9-13)16(24)11-25-17-21-20-12-23(17)15-6-2-5-14(18)8-15/h2-9,12H,10-11H2,1H3. The lowest BCUT2D eigenvalue weighted by Crippen LogP contribution is -2.27. The number of rotatable bonds is 6. The first-order valence-corrected chi connectivity index (χ1v) is 8.91. The van der Waals surface area contributed by atoms with Crippen molar-refractivity contribution in [1.82, 2.24) is 24.6 Å². The molecule has 0 N–H and O–H groups in total. The van der Waals surface area contributed by atoms with Crippen molar-refractivity contribution in [2.45, 2.75) is 11.7 Å². The van der Waals surface area contributed by atoms with E-state index in [1.807, 2.05) is 34.9 Å². The molecular formula is C17H16ClN5OS. The van der Waals surface area contributed by atoms with Gasteiger partial charge in [0.25, 0.3) is 0 Å². The molecule has 0 atom stereocenters. The molecule has 0 aliphatic rings. The van der Waals surface area contributed by atoms with E-state index in [2.05, 4.69) is 15.2 Å². The molecule has 8 heteroatoms. The molecule has 0 radical (unpaired) electrons.